The smallest absolute Gasteiger partial charge is 0.305 e. The van der Waals surface area contributed by atoms with Crippen molar-refractivity contribution in [1.82, 2.24) is 15.5 Å². The molecule has 4 aromatic rings. The maximum Gasteiger partial charge on any atom is 0.305 e. The molecule has 0 spiro atoms. The molecule has 1 aromatic heterocycles. The lowest BCUT2D eigenvalue weighted by atomic mass is 9.77. The molecule has 0 saturated carbocycles. The molecule has 6 nitrogen and oxygen atoms in total. The topological polar surface area (TPSA) is 95.1 Å². The van der Waals surface area contributed by atoms with E-state index in [9.17, 15) is 14.0 Å². The first-order valence-corrected chi connectivity index (χ1v) is 12.2. The maximum absolute atomic E-state index is 14.7. The van der Waals surface area contributed by atoms with Crippen LogP contribution in [-0.2, 0) is 4.79 Å². The number of hydrogen-bond donors (Lipinski definition) is 3. The predicted molar refractivity (Wildman–Crippen MR) is 138 cm³/mol. The number of carboxylic acid groups (broad SMARTS) is 1. The number of aromatic nitrogens is 2. The van der Waals surface area contributed by atoms with E-state index in [2.05, 4.69) is 22.4 Å². The minimum atomic E-state index is -0.967. The number of benzene rings is 3. The number of carbonyl (C=O) groups excluding carboxylic acids is 1. The lowest BCUT2D eigenvalue weighted by molar-refractivity contribution is -0.136. The lowest BCUT2D eigenvalue weighted by Crippen LogP contribution is -2.26. The Hall–Kier alpha value is -3.71. The van der Waals surface area contributed by atoms with Crippen LogP contribution in [0.3, 0.4) is 0 Å². The van der Waals surface area contributed by atoms with Crippen molar-refractivity contribution >= 4 is 34.4 Å². The lowest BCUT2D eigenvalue weighted by Gasteiger charge is -2.27. The Morgan fingerprint density at radius 3 is 2.39 bits per heavy atom. The zero-order valence-corrected chi connectivity index (χ0v) is 20.8. The van der Waals surface area contributed by atoms with E-state index < -0.39 is 5.97 Å². The molecule has 0 radical (unpaired) electrons. The van der Waals surface area contributed by atoms with Crippen LogP contribution < -0.4 is 5.32 Å². The molecule has 0 aliphatic rings. The molecule has 0 fully saturated rings. The zero-order valence-electron chi connectivity index (χ0n) is 20.0. The zero-order chi connectivity index (χ0) is 25.8. The summed E-state index contributed by atoms with van der Waals surface area (Å²) in [4.78, 5) is 23.1. The van der Waals surface area contributed by atoms with Gasteiger partial charge in [-0.1, -0.05) is 42.8 Å². The fourth-order valence-corrected chi connectivity index (χ4v) is 4.79. The van der Waals surface area contributed by atoms with Crippen LogP contribution in [0.25, 0.3) is 10.9 Å². The van der Waals surface area contributed by atoms with Gasteiger partial charge in [-0.25, -0.2) is 4.39 Å². The molecule has 186 valence electrons. The quantitative estimate of drug-likeness (QED) is 0.251. The van der Waals surface area contributed by atoms with Crippen molar-refractivity contribution in [2.45, 2.75) is 38.5 Å². The number of halogens is 2. The first-order chi connectivity index (χ1) is 17.3. The number of carboxylic acids is 1. The van der Waals surface area contributed by atoms with Gasteiger partial charge in [0.05, 0.1) is 12.1 Å². The Labute approximate surface area is 213 Å². The summed E-state index contributed by atoms with van der Waals surface area (Å²) in [5.74, 6) is -1.84. The molecule has 3 aromatic carbocycles. The van der Waals surface area contributed by atoms with Crippen LogP contribution in [-0.4, -0.2) is 33.7 Å². The number of aromatic amines is 1. The molecule has 36 heavy (non-hydrogen) atoms. The number of carbonyl (C=O) groups is 2. The molecule has 8 heteroatoms. The number of nitrogens with zero attached hydrogens (tertiary/aromatic N) is 1. The Morgan fingerprint density at radius 1 is 1.08 bits per heavy atom. The SMILES string of the molecule is CCC(c1ccc(C(=O)NCCC(=O)O)cc1)C(c1ccc(Cl)cc1)c1[nH]nc2c(F)cc(C)cc12. The highest BCUT2D eigenvalue weighted by Gasteiger charge is 2.29. The van der Waals surface area contributed by atoms with Gasteiger partial charge in [-0.05, 0) is 72.4 Å². The molecule has 3 N–H and O–H groups in total. The first-order valence-electron chi connectivity index (χ1n) is 11.8. The van der Waals surface area contributed by atoms with E-state index in [1.807, 2.05) is 49.4 Å². The van der Waals surface area contributed by atoms with Crippen molar-refractivity contribution in [2.24, 2.45) is 0 Å². The molecule has 2 atom stereocenters. The van der Waals surface area contributed by atoms with Gasteiger partial charge >= 0.3 is 5.97 Å². The number of H-pyrrole nitrogens is 1. The van der Waals surface area contributed by atoms with E-state index in [4.69, 9.17) is 16.7 Å². The van der Waals surface area contributed by atoms with Crippen molar-refractivity contribution in [3.8, 4) is 0 Å². The summed E-state index contributed by atoms with van der Waals surface area (Å²) in [5.41, 5.74) is 4.40. The molecular weight excluding hydrogens is 481 g/mol. The molecule has 2 unspecified atom stereocenters. The number of amides is 1. The van der Waals surface area contributed by atoms with Crippen molar-refractivity contribution < 1.29 is 19.1 Å². The van der Waals surface area contributed by atoms with Gasteiger partial charge < -0.3 is 10.4 Å². The highest BCUT2D eigenvalue weighted by atomic mass is 35.5. The van der Waals surface area contributed by atoms with E-state index in [0.717, 1.165) is 34.2 Å². The third-order valence-corrected chi connectivity index (χ3v) is 6.65. The standard InChI is InChI=1S/C28H27ClFN3O3/c1-3-21(17-4-6-19(7-5-17)28(36)31-13-12-24(34)35)25(18-8-10-20(29)11-9-18)27-22-14-16(2)15-23(30)26(22)32-33-27/h4-11,14-15,21,25H,3,12-13H2,1-2H3,(H,31,36)(H,32,33)(H,34,35). The van der Waals surface area contributed by atoms with Crippen LogP contribution in [0.5, 0.6) is 0 Å². The van der Waals surface area contributed by atoms with Crippen LogP contribution in [0, 0.1) is 12.7 Å². The summed E-state index contributed by atoms with van der Waals surface area (Å²) in [6.07, 6.45) is 0.634. The van der Waals surface area contributed by atoms with Crippen LogP contribution in [0.1, 0.15) is 64.3 Å². The van der Waals surface area contributed by atoms with E-state index in [0.29, 0.717) is 16.1 Å². The number of hydrogen-bond acceptors (Lipinski definition) is 3. The maximum atomic E-state index is 14.7. The number of rotatable bonds is 9. The predicted octanol–water partition coefficient (Wildman–Crippen LogP) is 6.19. The third kappa shape index (κ3) is 5.41. The van der Waals surface area contributed by atoms with Gasteiger partial charge in [0.2, 0.25) is 0 Å². The highest BCUT2D eigenvalue weighted by Crippen LogP contribution is 2.43. The molecule has 1 heterocycles. The Morgan fingerprint density at radius 2 is 1.75 bits per heavy atom. The van der Waals surface area contributed by atoms with Crippen LogP contribution in [0.15, 0.2) is 60.7 Å². The Kier molecular flexibility index (Phi) is 7.70. The van der Waals surface area contributed by atoms with Crippen LogP contribution in [0.2, 0.25) is 5.02 Å². The second-order valence-corrected chi connectivity index (χ2v) is 9.28. The number of fused-ring (bicyclic) bond motifs is 1. The average Bonchev–Trinajstić information content (AvgIpc) is 3.26. The monoisotopic (exact) mass is 507 g/mol. The van der Waals surface area contributed by atoms with Gasteiger partial charge in [-0.15, -0.1) is 0 Å². The van der Waals surface area contributed by atoms with Gasteiger partial charge in [-0.2, -0.15) is 5.10 Å². The van der Waals surface area contributed by atoms with Gasteiger partial charge in [0.1, 0.15) is 5.52 Å². The fraction of sp³-hybridized carbons (Fsp3) is 0.250. The van der Waals surface area contributed by atoms with E-state index in [1.165, 1.54) is 6.07 Å². The van der Waals surface area contributed by atoms with Crippen LogP contribution in [0.4, 0.5) is 4.39 Å². The third-order valence-electron chi connectivity index (χ3n) is 6.39. The number of aryl methyl sites for hydroxylation is 1. The second-order valence-electron chi connectivity index (χ2n) is 8.85. The Bertz CT molecular complexity index is 1380. The molecule has 4 rings (SSSR count). The fourth-order valence-electron chi connectivity index (χ4n) is 4.67. The number of aliphatic carboxylic acids is 1. The average molecular weight is 508 g/mol. The summed E-state index contributed by atoms with van der Waals surface area (Å²) in [6, 6.07) is 18.3. The highest BCUT2D eigenvalue weighted by molar-refractivity contribution is 6.30. The minimum absolute atomic E-state index is 0.0116. The van der Waals surface area contributed by atoms with E-state index in [-0.39, 0.29) is 36.5 Å². The van der Waals surface area contributed by atoms with Gasteiger partial charge in [0.25, 0.3) is 5.91 Å². The summed E-state index contributed by atoms with van der Waals surface area (Å²) in [7, 11) is 0. The van der Waals surface area contributed by atoms with Gasteiger partial charge in [-0.3, -0.25) is 14.7 Å². The first kappa shape index (κ1) is 25.4. The molecule has 0 aliphatic carbocycles. The van der Waals surface area contributed by atoms with E-state index in [1.54, 1.807) is 12.1 Å². The Balaban J connectivity index is 1.73. The van der Waals surface area contributed by atoms with E-state index >= 15 is 0 Å². The summed E-state index contributed by atoms with van der Waals surface area (Å²) in [5, 5.41) is 20.1. The summed E-state index contributed by atoms with van der Waals surface area (Å²) >= 11 is 6.17. The molecule has 1 amide bonds. The molecular formula is C28H27ClFN3O3. The van der Waals surface area contributed by atoms with Crippen LogP contribution >= 0.6 is 11.6 Å². The second kappa shape index (κ2) is 10.9. The molecule has 0 saturated heterocycles. The summed E-state index contributed by atoms with van der Waals surface area (Å²) in [6.45, 7) is 4.01. The minimum Gasteiger partial charge on any atom is -0.481 e. The van der Waals surface area contributed by atoms with Crippen molar-refractivity contribution in [1.29, 1.82) is 0 Å². The largest absolute Gasteiger partial charge is 0.481 e. The van der Waals surface area contributed by atoms with Crippen molar-refractivity contribution in [2.75, 3.05) is 6.54 Å². The number of nitrogens with one attached hydrogen (secondary N) is 2. The van der Waals surface area contributed by atoms with Crippen molar-refractivity contribution in [3.05, 3.63) is 99.5 Å². The van der Waals surface area contributed by atoms with Gasteiger partial charge in [0.15, 0.2) is 5.82 Å². The van der Waals surface area contributed by atoms with Gasteiger partial charge in [0, 0.05) is 28.4 Å². The molecule has 0 aliphatic heterocycles. The molecule has 0 bridgehead atoms. The summed E-state index contributed by atoms with van der Waals surface area (Å²) < 4.78 is 14.7. The normalized spacial score (nSPS) is 12.9. The van der Waals surface area contributed by atoms with Crippen molar-refractivity contribution in [3.63, 3.8) is 0 Å².